The fourth-order valence-electron chi connectivity index (χ4n) is 1.28. The van der Waals surface area contributed by atoms with E-state index >= 15 is 0 Å². The number of allylic oxidation sites excluding steroid dienone is 1. The van der Waals surface area contributed by atoms with Crippen molar-refractivity contribution in [1.29, 1.82) is 0 Å². The second-order valence-electron chi connectivity index (χ2n) is 3.36. The van der Waals surface area contributed by atoms with Crippen LogP contribution in [0.25, 0.3) is 6.08 Å². The normalized spacial score (nSPS) is 14.9. The van der Waals surface area contributed by atoms with Gasteiger partial charge in [0.05, 0.1) is 6.61 Å². The summed E-state index contributed by atoms with van der Waals surface area (Å²) < 4.78 is 0. The van der Waals surface area contributed by atoms with Crippen LogP contribution >= 0.6 is 0 Å². The summed E-state index contributed by atoms with van der Waals surface area (Å²) >= 11 is 0. The second kappa shape index (κ2) is 6.17. The van der Waals surface area contributed by atoms with Crippen molar-refractivity contribution in [2.45, 2.75) is 12.2 Å². The van der Waals surface area contributed by atoms with E-state index in [9.17, 15) is 15.0 Å². The van der Waals surface area contributed by atoms with Gasteiger partial charge in [-0.3, -0.25) is 4.79 Å². The molecule has 1 aromatic carbocycles. The molecule has 0 spiro atoms. The van der Waals surface area contributed by atoms with Gasteiger partial charge < -0.3 is 15.3 Å². The molecule has 0 bridgehead atoms. The second-order valence-corrected chi connectivity index (χ2v) is 3.36. The molecule has 2 unspecified atom stereocenters. The number of aliphatic hydroxyl groups excluding tert-OH is 3. The monoisotopic (exact) mass is 222 g/mol. The Morgan fingerprint density at radius 3 is 2.31 bits per heavy atom. The van der Waals surface area contributed by atoms with E-state index < -0.39 is 18.8 Å². The Morgan fingerprint density at radius 1 is 1.19 bits per heavy atom. The summed E-state index contributed by atoms with van der Waals surface area (Å²) in [6, 6.07) is 6.69. The van der Waals surface area contributed by atoms with Gasteiger partial charge in [-0.1, -0.05) is 30.3 Å². The molecule has 1 rings (SSSR count). The molecule has 1 aromatic rings. The minimum Gasteiger partial charge on any atom is -0.394 e. The summed E-state index contributed by atoms with van der Waals surface area (Å²) in [6.07, 6.45) is 1.39. The molecular formula is C12H14O4. The molecule has 0 aliphatic rings. The third-order valence-corrected chi connectivity index (χ3v) is 2.20. The van der Waals surface area contributed by atoms with Crippen LogP contribution in [0.4, 0.5) is 0 Å². The van der Waals surface area contributed by atoms with Crippen LogP contribution in [0.5, 0.6) is 0 Å². The highest BCUT2D eigenvalue weighted by Crippen LogP contribution is 2.17. The van der Waals surface area contributed by atoms with Crippen LogP contribution in [0.2, 0.25) is 0 Å². The van der Waals surface area contributed by atoms with Crippen molar-refractivity contribution in [2.24, 2.45) is 0 Å². The Balaban J connectivity index is 2.78. The largest absolute Gasteiger partial charge is 0.394 e. The quantitative estimate of drug-likeness (QED) is 0.494. The van der Waals surface area contributed by atoms with Gasteiger partial charge in [-0.2, -0.15) is 0 Å². The number of rotatable bonds is 5. The van der Waals surface area contributed by atoms with Crippen LogP contribution in [0.3, 0.4) is 0 Å². The maximum atomic E-state index is 10.1. The molecule has 2 atom stereocenters. The molecule has 0 fully saturated rings. The zero-order valence-electron chi connectivity index (χ0n) is 8.65. The van der Waals surface area contributed by atoms with Gasteiger partial charge in [0, 0.05) is 0 Å². The first-order valence-corrected chi connectivity index (χ1v) is 4.88. The molecule has 0 aliphatic heterocycles. The first-order chi connectivity index (χ1) is 7.69. The highest BCUT2D eigenvalue weighted by molar-refractivity contribution is 5.73. The van der Waals surface area contributed by atoms with Crippen LogP contribution in [0.15, 0.2) is 30.3 Å². The maximum Gasteiger partial charge on any atom is 0.142 e. The van der Waals surface area contributed by atoms with Gasteiger partial charge in [0.1, 0.15) is 18.5 Å². The predicted octanol–water partition coefficient (Wildman–Crippen LogP) is 0.285. The summed E-state index contributed by atoms with van der Waals surface area (Å²) in [5.74, 6) is 0. The van der Waals surface area contributed by atoms with Crippen LogP contribution in [0, 0.1) is 0 Å². The average molecular weight is 222 g/mol. The minimum atomic E-state index is -1.18. The Kier molecular flexibility index (Phi) is 4.85. The van der Waals surface area contributed by atoms with E-state index in [2.05, 4.69) is 0 Å². The van der Waals surface area contributed by atoms with Crippen molar-refractivity contribution >= 4 is 12.4 Å². The molecule has 16 heavy (non-hydrogen) atoms. The van der Waals surface area contributed by atoms with Gasteiger partial charge in [0.15, 0.2) is 0 Å². The summed E-state index contributed by atoms with van der Waals surface area (Å²) in [5, 5.41) is 27.5. The van der Waals surface area contributed by atoms with Crippen molar-refractivity contribution in [3.8, 4) is 0 Å². The van der Waals surface area contributed by atoms with E-state index in [-0.39, 0.29) is 0 Å². The molecule has 3 N–H and O–H groups in total. The highest BCUT2D eigenvalue weighted by atomic mass is 16.4. The third-order valence-electron chi connectivity index (χ3n) is 2.20. The summed E-state index contributed by atoms with van der Waals surface area (Å²) in [7, 11) is 0. The van der Waals surface area contributed by atoms with Gasteiger partial charge in [0.2, 0.25) is 0 Å². The van der Waals surface area contributed by atoms with Crippen molar-refractivity contribution in [3.05, 3.63) is 41.5 Å². The van der Waals surface area contributed by atoms with Gasteiger partial charge in [0.25, 0.3) is 0 Å². The fourth-order valence-corrected chi connectivity index (χ4v) is 1.28. The topological polar surface area (TPSA) is 77.8 Å². The molecule has 0 saturated carbocycles. The first kappa shape index (κ1) is 12.6. The van der Waals surface area contributed by atoms with E-state index in [1.165, 1.54) is 6.08 Å². The Morgan fingerprint density at radius 2 is 1.81 bits per heavy atom. The fraction of sp³-hybridized carbons (Fsp3) is 0.250. The number of aliphatic hydroxyl groups is 3. The lowest BCUT2D eigenvalue weighted by molar-refractivity contribution is -0.104. The lowest BCUT2D eigenvalue weighted by Gasteiger charge is -2.15. The number of carbonyl (C=O) groups is 1. The lowest BCUT2D eigenvalue weighted by Crippen LogP contribution is -2.21. The molecule has 0 radical (unpaired) electrons. The molecule has 4 nitrogen and oxygen atoms in total. The van der Waals surface area contributed by atoms with Gasteiger partial charge in [-0.15, -0.1) is 0 Å². The molecule has 0 amide bonds. The maximum absolute atomic E-state index is 10.1. The minimum absolute atomic E-state index is 0.492. The smallest absolute Gasteiger partial charge is 0.142 e. The van der Waals surface area contributed by atoms with Gasteiger partial charge in [-0.25, -0.2) is 0 Å². The Labute approximate surface area is 93.5 Å². The van der Waals surface area contributed by atoms with E-state index in [0.717, 1.165) is 5.56 Å². The SMILES string of the molecule is O=C/C=C/c1ccc(C(O)C(O)CO)cc1. The van der Waals surface area contributed by atoms with Crippen molar-refractivity contribution in [1.82, 2.24) is 0 Å². The lowest BCUT2D eigenvalue weighted by atomic mass is 10.0. The van der Waals surface area contributed by atoms with Crippen LogP contribution < -0.4 is 0 Å². The third kappa shape index (κ3) is 3.27. The van der Waals surface area contributed by atoms with E-state index in [1.54, 1.807) is 30.3 Å². The van der Waals surface area contributed by atoms with Gasteiger partial charge >= 0.3 is 0 Å². The summed E-state index contributed by atoms with van der Waals surface area (Å²) in [4.78, 5) is 10.1. The number of hydrogen-bond donors (Lipinski definition) is 3. The predicted molar refractivity (Wildman–Crippen MR) is 59.6 cm³/mol. The molecular weight excluding hydrogens is 208 g/mol. The van der Waals surface area contributed by atoms with Gasteiger partial charge in [-0.05, 0) is 17.2 Å². The number of carbonyl (C=O) groups excluding carboxylic acids is 1. The Hall–Kier alpha value is -1.49. The summed E-state index contributed by atoms with van der Waals surface area (Å²) in [6.45, 7) is -0.492. The van der Waals surface area contributed by atoms with Crippen molar-refractivity contribution in [3.63, 3.8) is 0 Å². The molecule has 0 aliphatic carbocycles. The van der Waals surface area contributed by atoms with Crippen LogP contribution in [0.1, 0.15) is 17.2 Å². The number of hydrogen-bond acceptors (Lipinski definition) is 4. The molecule has 4 heteroatoms. The first-order valence-electron chi connectivity index (χ1n) is 4.88. The number of aldehydes is 1. The summed E-state index contributed by atoms with van der Waals surface area (Å²) in [5.41, 5.74) is 1.34. The van der Waals surface area contributed by atoms with E-state index in [0.29, 0.717) is 11.8 Å². The molecule has 86 valence electrons. The average Bonchev–Trinajstić information content (AvgIpc) is 2.35. The molecule has 0 aromatic heterocycles. The number of benzene rings is 1. The molecule has 0 saturated heterocycles. The highest BCUT2D eigenvalue weighted by Gasteiger charge is 2.16. The van der Waals surface area contributed by atoms with Crippen molar-refractivity contribution < 1.29 is 20.1 Å². The van der Waals surface area contributed by atoms with Crippen LogP contribution in [-0.2, 0) is 4.79 Å². The Bertz CT molecular complexity index is 356. The van der Waals surface area contributed by atoms with E-state index in [1.807, 2.05) is 0 Å². The van der Waals surface area contributed by atoms with Crippen LogP contribution in [-0.4, -0.2) is 34.3 Å². The van der Waals surface area contributed by atoms with E-state index in [4.69, 9.17) is 5.11 Å². The van der Waals surface area contributed by atoms with Crippen molar-refractivity contribution in [2.75, 3.05) is 6.61 Å². The molecule has 0 heterocycles. The zero-order chi connectivity index (χ0) is 12.0. The standard InChI is InChI=1S/C12H14O4/c13-7-1-2-9-3-5-10(6-4-9)12(16)11(15)8-14/h1-7,11-12,14-16H,8H2/b2-1+. The zero-order valence-corrected chi connectivity index (χ0v) is 8.65.